The van der Waals surface area contributed by atoms with Gasteiger partial charge in [0, 0.05) is 0 Å². The number of carbonyl (C=O) groups excluding carboxylic acids is 2. The Morgan fingerprint density at radius 3 is 1.30 bits per heavy atom. The van der Waals surface area contributed by atoms with Gasteiger partial charge in [-0.15, -0.1) is 0 Å². The lowest BCUT2D eigenvalue weighted by Crippen LogP contribution is -2.22. The Morgan fingerprint density at radius 2 is 1.10 bits per heavy atom. The molecule has 6 N–H and O–H groups in total. The molecule has 0 radical (unpaired) electrons. The van der Waals surface area contributed by atoms with Crippen molar-refractivity contribution < 1.29 is 35.5 Å². The SMILES string of the molecule is NC(=O)c1cc(C(N)=O)c(S(=O)(=O)O)cc1S(=O)(=O)O. The molecule has 110 valence electrons. The predicted molar refractivity (Wildman–Crippen MR) is 63.1 cm³/mol. The fourth-order valence-corrected chi connectivity index (χ4v) is 2.86. The monoisotopic (exact) mass is 324 g/mol. The van der Waals surface area contributed by atoms with Gasteiger partial charge in [0.2, 0.25) is 11.8 Å². The van der Waals surface area contributed by atoms with Crippen molar-refractivity contribution in [2.45, 2.75) is 9.79 Å². The highest BCUT2D eigenvalue weighted by Gasteiger charge is 2.28. The fourth-order valence-electron chi connectivity index (χ4n) is 1.37. The van der Waals surface area contributed by atoms with E-state index >= 15 is 0 Å². The molecule has 2 amide bonds. The van der Waals surface area contributed by atoms with Crippen LogP contribution in [0.25, 0.3) is 0 Å². The van der Waals surface area contributed by atoms with Crippen LogP contribution in [-0.4, -0.2) is 37.8 Å². The maximum absolute atomic E-state index is 11.1. The Morgan fingerprint density at radius 1 is 0.800 bits per heavy atom. The molecular weight excluding hydrogens is 316 g/mol. The summed E-state index contributed by atoms with van der Waals surface area (Å²) in [5, 5.41) is 0. The lowest BCUT2D eigenvalue weighted by molar-refractivity contribution is 0.0996. The Labute approximate surface area is 112 Å². The fraction of sp³-hybridized carbons (Fsp3) is 0. The molecule has 10 nitrogen and oxygen atoms in total. The van der Waals surface area contributed by atoms with E-state index in [1.54, 1.807) is 0 Å². The first kappa shape index (κ1) is 16.0. The molecule has 0 saturated heterocycles. The number of benzene rings is 1. The molecule has 0 saturated carbocycles. The molecule has 0 atom stereocenters. The highest BCUT2D eigenvalue weighted by atomic mass is 32.2. The zero-order valence-corrected chi connectivity index (χ0v) is 11.1. The van der Waals surface area contributed by atoms with Gasteiger partial charge < -0.3 is 11.5 Å². The molecule has 0 heterocycles. The minimum Gasteiger partial charge on any atom is -0.366 e. The van der Waals surface area contributed by atoms with Crippen LogP contribution >= 0.6 is 0 Å². The molecule has 0 aliphatic rings. The summed E-state index contributed by atoms with van der Waals surface area (Å²) in [7, 11) is -10.1. The van der Waals surface area contributed by atoms with Crippen LogP contribution in [0, 0.1) is 0 Å². The minimum absolute atomic E-state index is 0.213. The maximum atomic E-state index is 11.1. The van der Waals surface area contributed by atoms with Crippen LogP contribution in [0.2, 0.25) is 0 Å². The average Bonchev–Trinajstić information content (AvgIpc) is 2.24. The maximum Gasteiger partial charge on any atom is 0.295 e. The lowest BCUT2D eigenvalue weighted by atomic mass is 10.1. The van der Waals surface area contributed by atoms with Gasteiger partial charge in [-0.1, -0.05) is 0 Å². The summed E-state index contributed by atoms with van der Waals surface area (Å²) < 4.78 is 62.1. The van der Waals surface area contributed by atoms with E-state index in [0.717, 1.165) is 0 Å². The standard InChI is InChI=1S/C8H8N2O8S2/c9-7(11)3-1-4(8(10)12)6(20(16,17)18)2-5(3)19(13,14)15/h1-2H,(H2,9,11)(H2,10,12)(H,13,14,15)(H,16,17,18). The molecule has 0 aliphatic heterocycles. The third-order valence-electron chi connectivity index (χ3n) is 2.17. The molecular formula is C8H8N2O8S2. The van der Waals surface area contributed by atoms with E-state index in [4.69, 9.17) is 20.6 Å². The zero-order chi connectivity index (χ0) is 15.9. The summed E-state index contributed by atoms with van der Waals surface area (Å²) in [4.78, 5) is 19.8. The molecule has 1 aromatic carbocycles. The van der Waals surface area contributed by atoms with Crippen molar-refractivity contribution in [3.05, 3.63) is 23.3 Å². The molecule has 0 spiro atoms. The first-order chi connectivity index (χ1) is 8.85. The van der Waals surface area contributed by atoms with E-state index in [1.807, 2.05) is 0 Å². The lowest BCUT2D eigenvalue weighted by Gasteiger charge is -2.09. The second kappa shape index (κ2) is 4.82. The van der Waals surface area contributed by atoms with Crippen molar-refractivity contribution in [1.29, 1.82) is 0 Å². The summed E-state index contributed by atoms with van der Waals surface area (Å²) >= 11 is 0. The number of carbonyl (C=O) groups is 2. The average molecular weight is 324 g/mol. The number of primary amides is 2. The first-order valence-electron chi connectivity index (χ1n) is 4.58. The smallest absolute Gasteiger partial charge is 0.295 e. The Kier molecular flexibility index (Phi) is 3.87. The summed E-state index contributed by atoms with van der Waals surface area (Å²) in [6.45, 7) is 0. The molecule has 0 aromatic heterocycles. The summed E-state index contributed by atoms with van der Waals surface area (Å²) in [6, 6.07) is 0.668. The van der Waals surface area contributed by atoms with E-state index in [9.17, 15) is 26.4 Å². The van der Waals surface area contributed by atoms with Crippen LogP contribution in [-0.2, 0) is 20.2 Å². The number of amides is 2. The third-order valence-corrected chi connectivity index (χ3v) is 3.96. The van der Waals surface area contributed by atoms with Gasteiger partial charge in [-0.2, -0.15) is 16.8 Å². The van der Waals surface area contributed by atoms with Gasteiger partial charge in [-0.05, 0) is 12.1 Å². The summed E-state index contributed by atoms with van der Waals surface area (Å²) in [5.74, 6) is -2.72. The van der Waals surface area contributed by atoms with Gasteiger partial charge in [0.05, 0.1) is 11.1 Å². The van der Waals surface area contributed by atoms with E-state index < -0.39 is 53.0 Å². The molecule has 0 bridgehead atoms. The zero-order valence-electron chi connectivity index (χ0n) is 9.47. The Balaban J connectivity index is 4.00. The number of nitrogens with two attached hydrogens (primary N) is 2. The quantitative estimate of drug-likeness (QED) is 0.474. The summed E-state index contributed by atoms with van der Waals surface area (Å²) in [6.07, 6.45) is 0. The minimum atomic E-state index is -5.03. The first-order valence-corrected chi connectivity index (χ1v) is 7.46. The number of hydrogen-bond donors (Lipinski definition) is 4. The second-order valence-electron chi connectivity index (χ2n) is 3.52. The van der Waals surface area contributed by atoms with Gasteiger partial charge in [-0.3, -0.25) is 18.7 Å². The predicted octanol–water partition coefficient (Wildman–Crippen LogP) is -1.62. The molecule has 0 aliphatic carbocycles. The normalized spacial score (nSPS) is 12.1. The number of hydrogen-bond acceptors (Lipinski definition) is 6. The molecule has 12 heteroatoms. The van der Waals surface area contributed by atoms with E-state index in [2.05, 4.69) is 0 Å². The van der Waals surface area contributed by atoms with Crippen molar-refractivity contribution >= 4 is 32.1 Å². The van der Waals surface area contributed by atoms with Crippen molar-refractivity contribution in [2.24, 2.45) is 11.5 Å². The molecule has 1 aromatic rings. The van der Waals surface area contributed by atoms with Crippen LogP contribution < -0.4 is 11.5 Å². The topological polar surface area (TPSA) is 195 Å². The second-order valence-corrected chi connectivity index (χ2v) is 6.30. The number of rotatable bonds is 4. The van der Waals surface area contributed by atoms with Crippen molar-refractivity contribution in [1.82, 2.24) is 0 Å². The van der Waals surface area contributed by atoms with E-state index in [0.29, 0.717) is 6.07 Å². The van der Waals surface area contributed by atoms with Gasteiger partial charge in [0.15, 0.2) is 0 Å². The van der Waals surface area contributed by atoms with Crippen LogP contribution in [0.3, 0.4) is 0 Å². The molecule has 0 fully saturated rings. The Hall–Kier alpha value is -2.02. The molecule has 1 rings (SSSR count). The van der Waals surface area contributed by atoms with Gasteiger partial charge in [-0.25, -0.2) is 0 Å². The van der Waals surface area contributed by atoms with Crippen molar-refractivity contribution in [2.75, 3.05) is 0 Å². The van der Waals surface area contributed by atoms with E-state index in [1.165, 1.54) is 0 Å². The van der Waals surface area contributed by atoms with Crippen LogP contribution in [0.5, 0.6) is 0 Å². The summed E-state index contributed by atoms with van der Waals surface area (Å²) in [5.41, 5.74) is 8.02. The van der Waals surface area contributed by atoms with Crippen LogP contribution in [0.4, 0.5) is 0 Å². The van der Waals surface area contributed by atoms with E-state index in [-0.39, 0.29) is 6.07 Å². The largest absolute Gasteiger partial charge is 0.366 e. The highest BCUT2D eigenvalue weighted by molar-refractivity contribution is 7.86. The van der Waals surface area contributed by atoms with Gasteiger partial charge >= 0.3 is 0 Å². The van der Waals surface area contributed by atoms with Gasteiger partial charge in [0.25, 0.3) is 20.2 Å². The van der Waals surface area contributed by atoms with Crippen molar-refractivity contribution in [3.63, 3.8) is 0 Å². The van der Waals surface area contributed by atoms with Crippen LogP contribution in [0.15, 0.2) is 21.9 Å². The van der Waals surface area contributed by atoms with Crippen LogP contribution in [0.1, 0.15) is 20.7 Å². The Bertz CT molecular complexity index is 744. The van der Waals surface area contributed by atoms with Crippen molar-refractivity contribution in [3.8, 4) is 0 Å². The third kappa shape index (κ3) is 3.11. The van der Waals surface area contributed by atoms with Gasteiger partial charge in [0.1, 0.15) is 9.79 Å². The molecule has 20 heavy (non-hydrogen) atoms. The highest BCUT2D eigenvalue weighted by Crippen LogP contribution is 2.24. The molecule has 0 unspecified atom stereocenters.